The zero-order valence-electron chi connectivity index (χ0n) is 14.7. The number of nitrogens with zero attached hydrogens (tertiary/aromatic N) is 3. The van der Waals surface area contributed by atoms with Gasteiger partial charge in [0, 0.05) is 36.9 Å². The highest BCUT2D eigenvalue weighted by atomic mass is 32.1. The molecule has 0 spiro atoms. The second kappa shape index (κ2) is 7.64. The molecular weight excluding hydrogens is 322 g/mol. The Morgan fingerprint density at radius 1 is 1.21 bits per heavy atom. The quantitative estimate of drug-likeness (QED) is 0.843. The van der Waals surface area contributed by atoms with Crippen LogP contribution in [0.2, 0.25) is 0 Å². The maximum atomic E-state index is 12.7. The van der Waals surface area contributed by atoms with E-state index in [9.17, 15) is 9.59 Å². The first-order valence-electron chi connectivity index (χ1n) is 9.04. The molecule has 2 amide bonds. The lowest BCUT2D eigenvalue weighted by atomic mass is 9.98. The maximum absolute atomic E-state index is 12.7. The standard InChI is InChI=1S/C18H27N3O2S/c1-13-14(2)24-18(19-13)15-7-6-10-20(11-15)17(23)12-21-9-5-3-4-8-16(21)22/h15H,3-12H2,1-2H3/t15-/m0/s1. The Balaban J connectivity index is 1.61. The summed E-state index contributed by atoms with van der Waals surface area (Å²) in [6, 6.07) is 0. The number of carbonyl (C=O) groups excluding carboxylic acids is 2. The lowest BCUT2D eigenvalue weighted by molar-refractivity contribution is -0.140. The number of hydrogen-bond acceptors (Lipinski definition) is 4. The fourth-order valence-electron chi connectivity index (χ4n) is 3.55. The van der Waals surface area contributed by atoms with Crippen LogP contribution in [0.25, 0.3) is 0 Å². The molecule has 0 unspecified atom stereocenters. The predicted octanol–water partition coefficient (Wildman–Crippen LogP) is 2.87. The van der Waals surface area contributed by atoms with Gasteiger partial charge < -0.3 is 9.80 Å². The van der Waals surface area contributed by atoms with Crippen molar-refractivity contribution < 1.29 is 9.59 Å². The van der Waals surface area contributed by atoms with Gasteiger partial charge in [-0.15, -0.1) is 11.3 Å². The van der Waals surface area contributed by atoms with Gasteiger partial charge in [0.2, 0.25) is 11.8 Å². The summed E-state index contributed by atoms with van der Waals surface area (Å²) in [6.45, 7) is 6.68. The van der Waals surface area contributed by atoms with Crippen LogP contribution in [0.5, 0.6) is 0 Å². The first-order chi connectivity index (χ1) is 11.5. The van der Waals surface area contributed by atoms with Crippen LogP contribution < -0.4 is 0 Å². The molecule has 0 aromatic carbocycles. The number of piperidine rings is 1. The molecule has 2 aliphatic heterocycles. The molecule has 132 valence electrons. The van der Waals surface area contributed by atoms with Gasteiger partial charge in [0.1, 0.15) is 0 Å². The van der Waals surface area contributed by atoms with Gasteiger partial charge in [0.05, 0.1) is 17.2 Å². The minimum Gasteiger partial charge on any atom is -0.340 e. The van der Waals surface area contributed by atoms with E-state index in [2.05, 4.69) is 11.9 Å². The third-order valence-electron chi connectivity index (χ3n) is 5.17. The zero-order chi connectivity index (χ0) is 17.1. The van der Waals surface area contributed by atoms with E-state index in [0.29, 0.717) is 12.3 Å². The van der Waals surface area contributed by atoms with Crippen molar-refractivity contribution in [3.63, 3.8) is 0 Å². The first kappa shape index (κ1) is 17.4. The van der Waals surface area contributed by atoms with Crippen LogP contribution in [-0.2, 0) is 9.59 Å². The van der Waals surface area contributed by atoms with E-state index in [4.69, 9.17) is 0 Å². The van der Waals surface area contributed by atoms with Gasteiger partial charge in [-0.05, 0) is 39.5 Å². The number of amides is 2. The number of aromatic nitrogens is 1. The molecule has 0 bridgehead atoms. The number of thiazole rings is 1. The van der Waals surface area contributed by atoms with Gasteiger partial charge >= 0.3 is 0 Å². The van der Waals surface area contributed by atoms with Crippen molar-refractivity contribution >= 4 is 23.2 Å². The summed E-state index contributed by atoms with van der Waals surface area (Å²) in [5.41, 5.74) is 1.11. The Kier molecular flexibility index (Phi) is 5.54. The molecule has 2 saturated heterocycles. The van der Waals surface area contributed by atoms with E-state index >= 15 is 0 Å². The van der Waals surface area contributed by atoms with E-state index in [1.807, 2.05) is 11.8 Å². The molecule has 1 atom stereocenters. The van der Waals surface area contributed by atoms with Crippen LogP contribution in [0.4, 0.5) is 0 Å². The fourth-order valence-corrected chi connectivity index (χ4v) is 4.60. The van der Waals surface area contributed by atoms with Gasteiger partial charge in [-0.25, -0.2) is 4.98 Å². The van der Waals surface area contributed by atoms with E-state index in [1.165, 1.54) is 4.88 Å². The third-order valence-corrected chi connectivity index (χ3v) is 6.40. The van der Waals surface area contributed by atoms with Crippen molar-refractivity contribution in [1.82, 2.24) is 14.8 Å². The highest BCUT2D eigenvalue weighted by Gasteiger charge is 2.29. The molecule has 2 aliphatic rings. The van der Waals surface area contributed by atoms with E-state index < -0.39 is 0 Å². The van der Waals surface area contributed by atoms with Crippen molar-refractivity contribution in [1.29, 1.82) is 0 Å². The van der Waals surface area contributed by atoms with Crippen molar-refractivity contribution in [2.24, 2.45) is 0 Å². The molecule has 3 heterocycles. The van der Waals surface area contributed by atoms with Crippen molar-refractivity contribution in [2.45, 2.75) is 58.3 Å². The second-order valence-corrected chi connectivity index (χ2v) is 8.23. The molecule has 2 fully saturated rings. The Labute approximate surface area is 148 Å². The van der Waals surface area contributed by atoms with Crippen LogP contribution in [-0.4, -0.2) is 52.8 Å². The molecule has 6 heteroatoms. The number of hydrogen-bond donors (Lipinski definition) is 0. The molecule has 24 heavy (non-hydrogen) atoms. The Morgan fingerprint density at radius 2 is 2.04 bits per heavy atom. The maximum Gasteiger partial charge on any atom is 0.242 e. The average Bonchev–Trinajstić information content (AvgIpc) is 2.78. The molecule has 0 radical (unpaired) electrons. The summed E-state index contributed by atoms with van der Waals surface area (Å²) in [5, 5.41) is 1.16. The summed E-state index contributed by atoms with van der Waals surface area (Å²) in [5.74, 6) is 0.584. The molecule has 5 nitrogen and oxygen atoms in total. The van der Waals surface area contributed by atoms with E-state index in [0.717, 1.165) is 62.4 Å². The molecule has 0 N–H and O–H groups in total. The Bertz CT molecular complexity index is 594. The highest BCUT2D eigenvalue weighted by Crippen LogP contribution is 2.31. The Hall–Kier alpha value is -1.43. The largest absolute Gasteiger partial charge is 0.340 e. The van der Waals surface area contributed by atoms with Gasteiger partial charge in [0.25, 0.3) is 0 Å². The predicted molar refractivity (Wildman–Crippen MR) is 95.2 cm³/mol. The number of rotatable bonds is 3. The summed E-state index contributed by atoms with van der Waals surface area (Å²) < 4.78 is 0. The van der Waals surface area contributed by atoms with Crippen LogP contribution in [0.3, 0.4) is 0 Å². The monoisotopic (exact) mass is 349 g/mol. The molecular formula is C18H27N3O2S. The van der Waals surface area contributed by atoms with Crippen molar-refractivity contribution in [3.8, 4) is 0 Å². The van der Waals surface area contributed by atoms with Gasteiger partial charge in [-0.2, -0.15) is 0 Å². The minimum absolute atomic E-state index is 0.0972. The average molecular weight is 350 g/mol. The van der Waals surface area contributed by atoms with Crippen molar-refractivity contribution in [3.05, 3.63) is 15.6 Å². The summed E-state index contributed by atoms with van der Waals surface area (Å²) in [4.78, 5) is 34.4. The highest BCUT2D eigenvalue weighted by molar-refractivity contribution is 7.11. The summed E-state index contributed by atoms with van der Waals surface area (Å²) >= 11 is 1.76. The number of aryl methyl sites for hydroxylation is 2. The van der Waals surface area contributed by atoms with Gasteiger partial charge in [-0.3, -0.25) is 9.59 Å². The first-order valence-corrected chi connectivity index (χ1v) is 9.85. The van der Waals surface area contributed by atoms with Crippen LogP contribution >= 0.6 is 11.3 Å². The summed E-state index contributed by atoms with van der Waals surface area (Å²) in [6.07, 6.45) is 5.76. The zero-order valence-corrected chi connectivity index (χ0v) is 15.5. The van der Waals surface area contributed by atoms with Gasteiger partial charge in [0.15, 0.2) is 0 Å². The molecule has 0 aliphatic carbocycles. The molecule has 1 aromatic rings. The van der Waals surface area contributed by atoms with Crippen LogP contribution in [0.1, 0.15) is 60.0 Å². The Morgan fingerprint density at radius 3 is 2.79 bits per heavy atom. The smallest absolute Gasteiger partial charge is 0.242 e. The van der Waals surface area contributed by atoms with Crippen LogP contribution in [0.15, 0.2) is 0 Å². The third kappa shape index (κ3) is 3.97. The lowest BCUT2D eigenvalue weighted by Crippen LogP contribution is -2.46. The number of carbonyl (C=O) groups is 2. The van der Waals surface area contributed by atoms with E-state index in [-0.39, 0.29) is 18.4 Å². The molecule has 0 saturated carbocycles. The topological polar surface area (TPSA) is 53.5 Å². The van der Waals surface area contributed by atoms with Crippen molar-refractivity contribution in [2.75, 3.05) is 26.2 Å². The minimum atomic E-state index is 0.0972. The van der Waals surface area contributed by atoms with Gasteiger partial charge in [-0.1, -0.05) is 6.42 Å². The SMILES string of the molecule is Cc1nc([C@H]2CCCN(C(=O)CN3CCCCCC3=O)C2)sc1C. The van der Waals surface area contributed by atoms with Crippen LogP contribution in [0, 0.1) is 13.8 Å². The number of likely N-dealkylation sites (tertiary alicyclic amines) is 2. The second-order valence-electron chi connectivity index (χ2n) is 7.00. The molecule has 3 rings (SSSR count). The lowest BCUT2D eigenvalue weighted by Gasteiger charge is -2.33. The fraction of sp³-hybridized carbons (Fsp3) is 0.722. The van der Waals surface area contributed by atoms with E-state index in [1.54, 1.807) is 16.2 Å². The normalized spacial score (nSPS) is 22.6. The molecule has 1 aromatic heterocycles. The summed E-state index contributed by atoms with van der Waals surface area (Å²) in [7, 11) is 0.